The van der Waals surface area contributed by atoms with Gasteiger partial charge in [0, 0.05) is 38.3 Å². The molecular weight excluding hydrogens is 533 g/mol. The lowest BCUT2D eigenvalue weighted by atomic mass is 9.91. The standard InChI is InChI=1S/C34H34FN3O4/c1-37(19-17-24-15-16-30(40-2)32(20-24)41-3)33(39)21-27(26-12-7-8-13-28(26)35)29-22-36-34-31(14-9-18-38(29)34)42-23-25-10-5-4-6-11-25/h4-16,18,20,22,27H,17,19,21,23H2,1-3H3. The lowest BCUT2D eigenvalue weighted by molar-refractivity contribution is -0.130. The van der Waals surface area contributed by atoms with E-state index in [-0.39, 0.29) is 18.1 Å². The van der Waals surface area contributed by atoms with Gasteiger partial charge < -0.3 is 23.5 Å². The van der Waals surface area contributed by atoms with Gasteiger partial charge in [-0.2, -0.15) is 0 Å². The summed E-state index contributed by atoms with van der Waals surface area (Å²) in [6, 6.07) is 25.9. The highest BCUT2D eigenvalue weighted by atomic mass is 19.1. The number of rotatable bonds is 12. The molecule has 7 nitrogen and oxygen atoms in total. The molecule has 5 aromatic rings. The highest BCUT2D eigenvalue weighted by Gasteiger charge is 2.26. The largest absolute Gasteiger partial charge is 0.493 e. The van der Waals surface area contributed by atoms with E-state index in [0.29, 0.717) is 53.7 Å². The van der Waals surface area contributed by atoms with Crippen LogP contribution in [0.3, 0.4) is 0 Å². The number of amides is 1. The van der Waals surface area contributed by atoms with Gasteiger partial charge in [0.25, 0.3) is 0 Å². The van der Waals surface area contributed by atoms with Gasteiger partial charge in [-0.3, -0.25) is 4.79 Å². The minimum absolute atomic E-state index is 0.0757. The number of likely N-dealkylation sites (N-methyl/N-ethyl adjacent to an activating group) is 1. The molecule has 0 N–H and O–H groups in total. The Balaban J connectivity index is 1.37. The number of carbonyl (C=O) groups excluding carboxylic acids is 1. The van der Waals surface area contributed by atoms with E-state index < -0.39 is 5.92 Å². The van der Waals surface area contributed by atoms with Gasteiger partial charge in [0.05, 0.1) is 19.9 Å². The van der Waals surface area contributed by atoms with Crippen LogP contribution < -0.4 is 14.2 Å². The van der Waals surface area contributed by atoms with Crippen molar-refractivity contribution in [3.8, 4) is 17.2 Å². The molecule has 216 valence electrons. The predicted octanol–water partition coefficient (Wildman–Crippen LogP) is 6.29. The number of pyridine rings is 1. The van der Waals surface area contributed by atoms with E-state index in [2.05, 4.69) is 4.98 Å². The van der Waals surface area contributed by atoms with Gasteiger partial charge in [-0.15, -0.1) is 0 Å². The van der Waals surface area contributed by atoms with Crippen LogP contribution in [0.2, 0.25) is 0 Å². The summed E-state index contributed by atoms with van der Waals surface area (Å²) in [6.07, 6.45) is 4.28. The molecule has 0 aliphatic carbocycles. The van der Waals surface area contributed by atoms with Crippen LogP contribution in [-0.2, 0) is 17.8 Å². The van der Waals surface area contributed by atoms with E-state index in [1.165, 1.54) is 6.07 Å². The topological polar surface area (TPSA) is 65.3 Å². The summed E-state index contributed by atoms with van der Waals surface area (Å²) in [4.78, 5) is 19.9. The molecule has 0 radical (unpaired) electrons. The Morgan fingerprint density at radius 1 is 0.905 bits per heavy atom. The normalized spacial score (nSPS) is 11.7. The second-order valence-corrected chi connectivity index (χ2v) is 10.1. The van der Waals surface area contributed by atoms with Crippen LogP contribution in [0.1, 0.15) is 34.7 Å². The zero-order valence-corrected chi connectivity index (χ0v) is 24.0. The summed E-state index contributed by atoms with van der Waals surface area (Å²) < 4.78 is 33.9. The highest BCUT2D eigenvalue weighted by Crippen LogP contribution is 2.33. The quantitative estimate of drug-likeness (QED) is 0.177. The average molecular weight is 568 g/mol. The molecule has 2 heterocycles. The SMILES string of the molecule is COc1ccc(CCN(C)C(=O)CC(c2ccccc2F)c2cnc3c(OCc4ccccc4)cccn23)cc1OC. The Labute approximate surface area is 245 Å². The fourth-order valence-corrected chi connectivity index (χ4v) is 5.03. The Morgan fingerprint density at radius 3 is 2.43 bits per heavy atom. The number of hydrogen-bond donors (Lipinski definition) is 0. The van der Waals surface area contributed by atoms with Crippen molar-refractivity contribution in [2.75, 3.05) is 27.8 Å². The molecule has 0 fully saturated rings. The minimum Gasteiger partial charge on any atom is -0.493 e. The van der Waals surface area contributed by atoms with Crippen molar-refractivity contribution >= 4 is 11.6 Å². The zero-order valence-electron chi connectivity index (χ0n) is 24.0. The monoisotopic (exact) mass is 567 g/mol. The third kappa shape index (κ3) is 6.38. The Kier molecular flexibility index (Phi) is 9.02. The highest BCUT2D eigenvalue weighted by molar-refractivity contribution is 5.77. The Bertz CT molecular complexity index is 1650. The number of benzene rings is 3. The van der Waals surface area contributed by atoms with Crippen molar-refractivity contribution in [3.63, 3.8) is 0 Å². The maximum absolute atomic E-state index is 15.2. The molecule has 1 unspecified atom stereocenters. The third-order valence-corrected chi connectivity index (χ3v) is 7.39. The molecule has 8 heteroatoms. The molecule has 42 heavy (non-hydrogen) atoms. The van der Waals surface area contributed by atoms with Crippen LogP contribution >= 0.6 is 0 Å². The second-order valence-electron chi connectivity index (χ2n) is 10.1. The number of hydrogen-bond acceptors (Lipinski definition) is 5. The predicted molar refractivity (Wildman–Crippen MR) is 160 cm³/mol. The minimum atomic E-state index is -0.554. The molecule has 1 atom stereocenters. The van der Waals surface area contributed by atoms with Gasteiger partial charge in [-0.05, 0) is 53.4 Å². The number of methoxy groups -OCH3 is 2. The number of ether oxygens (including phenoxy) is 3. The number of aromatic nitrogens is 2. The molecule has 0 aliphatic rings. The van der Waals surface area contributed by atoms with Crippen molar-refractivity contribution < 1.29 is 23.4 Å². The molecule has 0 bridgehead atoms. The number of carbonyl (C=O) groups is 1. The number of nitrogens with zero attached hydrogens (tertiary/aromatic N) is 3. The molecule has 5 rings (SSSR count). The lowest BCUT2D eigenvalue weighted by Crippen LogP contribution is -2.30. The van der Waals surface area contributed by atoms with E-state index in [1.807, 2.05) is 71.3 Å². The summed E-state index contributed by atoms with van der Waals surface area (Å²) in [7, 11) is 4.96. The molecule has 2 aromatic heterocycles. The van der Waals surface area contributed by atoms with Gasteiger partial charge in [-0.25, -0.2) is 9.37 Å². The fraction of sp³-hybridized carbons (Fsp3) is 0.235. The van der Waals surface area contributed by atoms with Crippen LogP contribution in [0.25, 0.3) is 5.65 Å². The summed E-state index contributed by atoms with van der Waals surface area (Å²) in [5.41, 5.74) is 3.82. The van der Waals surface area contributed by atoms with Crippen LogP contribution in [-0.4, -0.2) is 48.0 Å². The van der Waals surface area contributed by atoms with Gasteiger partial charge >= 0.3 is 0 Å². The number of fused-ring (bicyclic) bond motifs is 1. The molecule has 3 aromatic carbocycles. The van der Waals surface area contributed by atoms with Crippen molar-refractivity contribution in [3.05, 3.63) is 126 Å². The summed E-state index contributed by atoms with van der Waals surface area (Å²) in [5, 5.41) is 0. The van der Waals surface area contributed by atoms with Gasteiger partial charge in [0.2, 0.25) is 5.91 Å². The zero-order chi connectivity index (χ0) is 29.5. The maximum Gasteiger partial charge on any atom is 0.223 e. The Morgan fingerprint density at radius 2 is 1.67 bits per heavy atom. The average Bonchev–Trinajstić information content (AvgIpc) is 3.46. The van der Waals surface area contributed by atoms with Gasteiger partial charge in [0.15, 0.2) is 22.9 Å². The third-order valence-electron chi connectivity index (χ3n) is 7.39. The molecule has 0 spiro atoms. The number of halogens is 1. The van der Waals surface area contributed by atoms with Crippen LogP contribution in [0, 0.1) is 5.82 Å². The smallest absolute Gasteiger partial charge is 0.223 e. The Hall–Kier alpha value is -4.85. The first-order valence-corrected chi connectivity index (χ1v) is 13.8. The first kappa shape index (κ1) is 28.7. The van der Waals surface area contributed by atoms with Gasteiger partial charge in [0.1, 0.15) is 12.4 Å². The van der Waals surface area contributed by atoms with Crippen LogP contribution in [0.4, 0.5) is 4.39 Å². The maximum atomic E-state index is 15.2. The van der Waals surface area contributed by atoms with Crippen molar-refractivity contribution in [2.45, 2.75) is 25.4 Å². The lowest BCUT2D eigenvalue weighted by Gasteiger charge is -2.23. The first-order valence-electron chi connectivity index (χ1n) is 13.8. The molecule has 0 saturated carbocycles. The summed E-state index contributed by atoms with van der Waals surface area (Å²) >= 11 is 0. The van der Waals surface area contributed by atoms with Crippen molar-refractivity contribution in [2.24, 2.45) is 0 Å². The summed E-state index contributed by atoms with van der Waals surface area (Å²) in [6.45, 7) is 0.881. The second kappa shape index (κ2) is 13.2. The van der Waals surface area contributed by atoms with E-state index in [1.54, 1.807) is 50.6 Å². The number of imidazole rings is 1. The van der Waals surface area contributed by atoms with Gasteiger partial charge in [-0.1, -0.05) is 54.6 Å². The fourth-order valence-electron chi connectivity index (χ4n) is 5.03. The van der Waals surface area contributed by atoms with Crippen molar-refractivity contribution in [1.29, 1.82) is 0 Å². The first-order chi connectivity index (χ1) is 20.5. The van der Waals surface area contributed by atoms with Crippen molar-refractivity contribution in [1.82, 2.24) is 14.3 Å². The molecule has 0 aliphatic heterocycles. The molecular formula is C34H34FN3O4. The molecule has 1 amide bonds. The van der Waals surface area contributed by atoms with E-state index >= 15 is 4.39 Å². The van der Waals surface area contributed by atoms with E-state index in [4.69, 9.17) is 14.2 Å². The van der Waals surface area contributed by atoms with Crippen LogP contribution in [0.15, 0.2) is 97.3 Å². The summed E-state index contributed by atoms with van der Waals surface area (Å²) in [5.74, 6) is 0.883. The van der Waals surface area contributed by atoms with E-state index in [9.17, 15) is 4.79 Å². The van der Waals surface area contributed by atoms with Crippen LogP contribution in [0.5, 0.6) is 17.2 Å². The van der Waals surface area contributed by atoms with E-state index in [0.717, 1.165) is 11.1 Å². The molecule has 0 saturated heterocycles.